The van der Waals surface area contributed by atoms with E-state index >= 15 is 0 Å². The number of carbonyl (C=O) groups excluding carboxylic acids is 1. The Labute approximate surface area is 144 Å². The quantitative estimate of drug-likeness (QED) is 0.909. The van der Waals surface area contributed by atoms with Crippen molar-refractivity contribution in [3.8, 4) is 6.07 Å². The fourth-order valence-electron chi connectivity index (χ4n) is 3.17. The van der Waals surface area contributed by atoms with Crippen molar-refractivity contribution in [2.24, 2.45) is 5.73 Å². The number of nitrogens with zero attached hydrogens (tertiary/aromatic N) is 2. The maximum absolute atomic E-state index is 13.4. The first-order valence-electron chi connectivity index (χ1n) is 7.88. The van der Waals surface area contributed by atoms with E-state index < -0.39 is 12.5 Å². The van der Waals surface area contributed by atoms with Crippen LogP contribution in [-0.4, -0.2) is 18.4 Å². The van der Waals surface area contributed by atoms with E-state index in [0.717, 1.165) is 5.56 Å². The summed E-state index contributed by atoms with van der Waals surface area (Å²) in [4.78, 5) is 14.0. The number of carbonyl (C=O) groups is 1. The fraction of sp³-hybridized carbons (Fsp3) is 0.263. The summed E-state index contributed by atoms with van der Waals surface area (Å²) in [5.74, 6) is -0.273. The molecule has 2 aromatic rings. The molecule has 0 aromatic heterocycles. The predicted octanol–water partition coefficient (Wildman–Crippen LogP) is 3.39. The van der Waals surface area contributed by atoms with E-state index in [1.807, 2.05) is 13.0 Å². The molecule has 0 fully saturated rings. The number of nitriles is 1. The number of halogens is 2. The van der Waals surface area contributed by atoms with Crippen LogP contribution in [0.4, 0.5) is 20.2 Å². The third-order valence-electron chi connectivity index (χ3n) is 4.36. The van der Waals surface area contributed by atoms with Gasteiger partial charge in [0.25, 0.3) is 6.43 Å². The molecule has 1 aliphatic rings. The topological polar surface area (TPSA) is 70.1 Å². The number of ketones is 1. The lowest BCUT2D eigenvalue weighted by Gasteiger charge is -2.27. The van der Waals surface area contributed by atoms with Gasteiger partial charge in [-0.1, -0.05) is 12.1 Å². The summed E-state index contributed by atoms with van der Waals surface area (Å²) < 4.78 is 26.8. The highest BCUT2D eigenvalue weighted by Crippen LogP contribution is 2.37. The van der Waals surface area contributed by atoms with Crippen LogP contribution in [0.1, 0.15) is 28.7 Å². The normalized spacial score (nSPS) is 17.2. The van der Waals surface area contributed by atoms with Gasteiger partial charge in [0.1, 0.15) is 0 Å². The van der Waals surface area contributed by atoms with Gasteiger partial charge in [-0.25, -0.2) is 8.78 Å². The number of alkyl halides is 2. The molecule has 4 nitrogen and oxygen atoms in total. The minimum Gasteiger partial charge on any atom is -0.339 e. The Morgan fingerprint density at radius 2 is 2.08 bits per heavy atom. The molecule has 1 aliphatic heterocycles. The molecule has 0 unspecified atom stereocenters. The van der Waals surface area contributed by atoms with Crippen LogP contribution in [0.2, 0.25) is 0 Å². The average molecular weight is 341 g/mol. The molecular formula is C19H17F2N3O. The smallest absolute Gasteiger partial charge is 0.264 e. The first-order chi connectivity index (χ1) is 11.9. The molecule has 1 heterocycles. The lowest BCUT2D eigenvalue weighted by molar-refractivity contribution is -0.119. The van der Waals surface area contributed by atoms with E-state index in [0.29, 0.717) is 22.5 Å². The first-order valence-corrected chi connectivity index (χ1v) is 7.88. The number of hydrogen-bond acceptors (Lipinski definition) is 4. The van der Waals surface area contributed by atoms with Gasteiger partial charge < -0.3 is 10.6 Å². The molecular weight excluding hydrogens is 324 g/mol. The van der Waals surface area contributed by atoms with E-state index in [9.17, 15) is 18.8 Å². The second kappa shape index (κ2) is 6.61. The van der Waals surface area contributed by atoms with Crippen molar-refractivity contribution < 1.29 is 13.6 Å². The molecule has 0 spiro atoms. The highest BCUT2D eigenvalue weighted by Gasteiger charge is 2.30. The standard InChI is InChI=1S/C19H17F2N3O/c1-11-5-12(9-22)7-13(6-11)24-10-16(23)18(25)8-15-14(19(20)21)3-2-4-17(15)24/h2-7,16,19H,8,10,23H2,1H3/t16-/m0/s1. The zero-order valence-corrected chi connectivity index (χ0v) is 13.7. The maximum atomic E-state index is 13.4. The fourth-order valence-corrected chi connectivity index (χ4v) is 3.17. The Morgan fingerprint density at radius 1 is 1.32 bits per heavy atom. The Kier molecular flexibility index (Phi) is 4.51. The highest BCUT2D eigenvalue weighted by molar-refractivity contribution is 5.91. The molecule has 6 heteroatoms. The number of benzene rings is 2. The molecule has 0 amide bonds. The average Bonchev–Trinajstić information content (AvgIpc) is 2.70. The molecule has 2 aromatic carbocycles. The van der Waals surface area contributed by atoms with Crippen molar-refractivity contribution in [3.05, 3.63) is 58.7 Å². The Bertz CT molecular complexity index is 873. The summed E-state index contributed by atoms with van der Waals surface area (Å²) in [6.07, 6.45) is -2.80. The SMILES string of the molecule is Cc1cc(C#N)cc(N2C[C@H](N)C(=O)Cc3c(C(F)F)cccc32)c1. The van der Waals surface area contributed by atoms with Gasteiger partial charge in [-0.15, -0.1) is 0 Å². The van der Waals surface area contributed by atoms with Crippen molar-refractivity contribution in [2.45, 2.75) is 25.8 Å². The van der Waals surface area contributed by atoms with Gasteiger partial charge in [-0.3, -0.25) is 4.79 Å². The molecule has 0 aliphatic carbocycles. The lowest BCUT2D eigenvalue weighted by atomic mass is 9.99. The van der Waals surface area contributed by atoms with E-state index in [2.05, 4.69) is 6.07 Å². The molecule has 25 heavy (non-hydrogen) atoms. The van der Waals surface area contributed by atoms with E-state index in [1.165, 1.54) is 6.07 Å². The second-order valence-corrected chi connectivity index (χ2v) is 6.17. The third kappa shape index (κ3) is 3.24. The van der Waals surface area contributed by atoms with Crippen LogP contribution in [0.5, 0.6) is 0 Å². The summed E-state index contributed by atoms with van der Waals surface area (Å²) in [6.45, 7) is 2.02. The van der Waals surface area contributed by atoms with Crippen molar-refractivity contribution in [1.82, 2.24) is 0 Å². The molecule has 3 rings (SSSR count). The van der Waals surface area contributed by atoms with Gasteiger partial charge in [0.05, 0.1) is 17.7 Å². The number of aryl methyl sites for hydroxylation is 1. The van der Waals surface area contributed by atoms with Gasteiger partial charge in [0, 0.05) is 29.9 Å². The lowest BCUT2D eigenvalue weighted by Crippen LogP contribution is -2.39. The number of anilines is 2. The van der Waals surface area contributed by atoms with Gasteiger partial charge in [-0.2, -0.15) is 5.26 Å². The summed E-state index contributed by atoms with van der Waals surface area (Å²) in [5.41, 5.74) is 8.65. The monoisotopic (exact) mass is 341 g/mol. The van der Waals surface area contributed by atoms with Crippen LogP contribution in [0, 0.1) is 18.3 Å². The number of Topliss-reactive ketones (excluding diaryl/α,β-unsaturated/α-hetero) is 1. The van der Waals surface area contributed by atoms with Gasteiger partial charge in [0.2, 0.25) is 0 Å². The molecule has 2 N–H and O–H groups in total. The summed E-state index contributed by atoms with van der Waals surface area (Å²) in [7, 11) is 0. The van der Waals surface area contributed by atoms with Crippen molar-refractivity contribution in [2.75, 3.05) is 11.4 Å². The van der Waals surface area contributed by atoms with Crippen molar-refractivity contribution in [1.29, 1.82) is 5.26 Å². The molecule has 0 saturated heterocycles. The van der Waals surface area contributed by atoms with Crippen molar-refractivity contribution in [3.63, 3.8) is 0 Å². The zero-order chi connectivity index (χ0) is 18.1. The van der Waals surface area contributed by atoms with Gasteiger partial charge >= 0.3 is 0 Å². The molecule has 0 radical (unpaired) electrons. The van der Waals surface area contributed by atoms with Crippen molar-refractivity contribution >= 4 is 17.2 Å². The van der Waals surface area contributed by atoms with E-state index in [4.69, 9.17) is 5.73 Å². The van der Waals surface area contributed by atoms with E-state index in [1.54, 1.807) is 29.2 Å². The molecule has 1 atom stereocenters. The minimum atomic E-state index is -2.67. The van der Waals surface area contributed by atoms with E-state index in [-0.39, 0.29) is 24.3 Å². The predicted molar refractivity (Wildman–Crippen MR) is 91.0 cm³/mol. The number of hydrogen-bond donors (Lipinski definition) is 1. The number of nitrogens with two attached hydrogens (primary N) is 1. The molecule has 0 bridgehead atoms. The molecule has 128 valence electrons. The van der Waals surface area contributed by atoms with Crippen LogP contribution >= 0.6 is 0 Å². The van der Waals surface area contributed by atoms with Crippen LogP contribution in [0.15, 0.2) is 36.4 Å². The summed E-state index contributed by atoms with van der Waals surface area (Å²) in [5, 5.41) is 9.20. The summed E-state index contributed by atoms with van der Waals surface area (Å²) in [6, 6.07) is 11.2. The summed E-state index contributed by atoms with van der Waals surface area (Å²) >= 11 is 0. The van der Waals surface area contributed by atoms with Crippen LogP contribution in [-0.2, 0) is 11.2 Å². The third-order valence-corrected chi connectivity index (χ3v) is 4.36. The minimum absolute atomic E-state index is 0.121. The second-order valence-electron chi connectivity index (χ2n) is 6.17. The maximum Gasteiger partial charge on any atom is 0.264 e. The largest absolute Gasteiger partial charge is 0.339 e. The van der Waals surface area contributed by atoms with Crippen LogP contribution in [0.3, 0.4) is 0 Å². The Balaban J connectivity index is 2.21. The zero-order valence-electron chi connectivity index (χ0n) is 13.7. The Hall–Kier alpha value is -2.78. The number of fused-ring (bicyclic) bond motifs is 1. The van der Waals surface area contributed by atoms with Gasteiger partial charge in [-0.05, 0) is 42.3 Å². The highest BCUT2D eigenvalue weighted by atomic mass is 19.3. The number of rotatable bonds is 2. The molecule has 0 saturated carbocycles. The van der Waals surface area contributed by atoms with Crippen LogP contribution < -0.4 is 10.6 Å². The van der Waals surface area contributed by atoms with Gasteiger partial charge in [0.15, 0.2) is 5.78 Å². The van der Waals surface area contributed by atoms with Crippen LogP contribution in [0.25, 0.3) is 0 Å². The Morgan fingerprint density at radius 3 is 2.76 bits per heavy atom. The first kappa shape index (κ1) is 17.1.